The molecular formula is C12H14N2O3S. The SMILES string of the molecule is COc1cc(OC)c(-c2c[nH]c(=S)[nH]2)c(OC)c1. The predicted octanol–water partition coefficient (Wildman–Crippen LogP) is 2.77. The number of nitrogens with one attached hydrogen (secondary N) is 2. The third-order valence-corrected chi connectivity index (χ3v) is 2.80. The summed E-state index contributed by atoms with van der Waals surface area (Å²) in [6.07, 6.45) is 1.77. The van der Waals surface area contributed by atoms with E-state index < -0.39 is 0 Å². The number of ether oxygens (including phenoxy) is 3. The first-order valence-electron chi connectivity index (χ1n) is 5.27. The third-order valence-electron chi connectivity index (χ3n) is 2.58. The molecular weight excluding hydrogens is 252 g/mol. The van der Waals surface area contributed by atoms with Crippen LogP contribution in [0, 0.1) is 4.77 Å². The minimum absolute atomic E-state index is 0.546. The van der Waals surface area contributed by atoms with Crippen molar-refractivity contribution >= 4 is 12.2 Å². The second kappa shape index (κ2) is 5.14. The Morgan fingerprint density at radius 1 is 1.00 bits per heavy atom. The number of rotatable bonds is 4. The molecule has 2 N–H and O–H groups in total. The standard InChI is InChI=1S/C12H14N2O3S/c1-15-7-4-9(16-2)11(10(5-7)17-3)8-6-13-12(18)14-8/h4-6H,1-3H3,(H2,13,14,18). The van der Waals surface area contributed by atoms with Crippen LogP contribution in [-0.4, -0.2) is 31.3 Å². The Labute approximate surface area is 110 Å². The van der Waals surface area contributed by atoms with Gasteiger partial charge in [-0.2, -0.15) is 0 Å². The molecule has 2 rings (SSSR count). The fraction of sp³-hybridized carbons (Fsp3) is 0.250. The Morgan fingerprint density at radius 2 is 1.61 bits per heavy atom. The summed E-state index contributed by atoms with van der Waals surface area (Å²) in [4.78, 5) is 5.95. The predicted molar refractivity (Wildman–Crippen MR) is 71.1 cm³/mol. The van der Waals surface area contributed by atoms with E-state index in [1.807, 2.05) is 0 Å². The molecule has 5 nitrogen and oxygen atoms in total. The van der Waals surface area contributed by atoms with Crippen molar-refractivity contribution in [2.45, 2.75) is 0 Å². The zero-order valence-electron chi connectivity index (χ0n) is 10.4. The summed E-state index contributed by atoms with van der Waals surface area (Å²) < 4.78 is 16.5. The molecule has 0 fully saturated rings. The van der Waals surface area contributed by atoms with Crippen molar-refractivity contribution in [2.24, 2.45) is 0 Å². The van der Waals surface area contributed by atoms with E-state index >= 15 is 0 Å². The lowest BCUT2D eigenvalue weighted by Crippen LogP contribution is -1.95. The maximum Gasteiger partial charge on any atom is 0.174 e. The highest BCUT2D eigenvalue weighted by Gasteiger charge is 2.16. The summed E-state index contributed by atoms with van der Waals surface area (Å²) in [5, 5.41) is 0. The lowest BCUT2D eigenvalue weighted by molar-refractivity contribution is 0.377. The van der Waals surface area contributed by atoms with E-state index in [-0.39, 0.29) is 0 Å². The third kappa shape index (κ3) is 2.19. The van der Waals surface area contributed by atoms with Gasteiger partial charge in [-0.1, -0.05) is 0 Å². The first-order chi connectivity index (χ1) is 8.69. The van der Waals surface area contributed by atoms with E-state index in [0.717, 1.165) is 11.3 Å². The molecule has 0 saturated carbocycles. The van der Waals surface area contributed by atoms with Crippen LogP contribution in [0.25, 0.3) is 11.3 Å². The molecule has 0 aliphatic rings. The van der Waals surface area contributed by atoms with Gasteiger partial charge in [0.25, 0.3) is 0 Å². The van der Waals surface area contributed by atoms with Gasteiger partial charge in [0, 0.05) is 18.3 Å². The van der Waals surface area contributed by atoms with Gasteiger partial charge >= 0.3 is 0 Å². The second-order valence-corrected chi connectivity index (χ2v) is 3.97. The van der Waals surface area contributed by atoms with Gasteiger partial charge in [-0.15, -0.1) is 0 Å². The van der Waals surface area contributed by atoms with E-state index in [9.17, 15) is 0 Å². The van der Waals surface area contributed by atoms with Crippen molar-refractivity contribution in [3.8, 4) is 28.5 Å². The summed E-state index contributed by atoms with van der Waals surface area (Å²) in [5.74, 6) is 1.97. The summed E-state index contributed by atoms with van der Waals surface area (Å²) in [7, 11) is 4.79. The first kappa shape index (κ1) is 12.5. The highest BCUT2D eigenvalue weighted by molar-refractivity contribution is 7.71. The first-order valence-corrected chi connectivity index (χ1v) is 5.68. The molecule has 1 aromatic carbocycles. The van der Waals surface area contributed by atoms with Gasteiger partial charge in [0.1, 0.15) is 17.2 Å². The zero-order chi connectivity index (χ0) is 13.1. The number of H-pyrrole nitrogens is 2. The minimum atomic E-state index is 0.546. The van der Waals surface area contributed by atoms with Crippen molar-refractivity contribution in [3.05, 3.63) is 23.1 Å². The van der Waals surface area contributed by atoms with E-state index in [2.05, 4.69) is 9.97 Å². The fourth-order valence-electron chi connectivity index (χ4n) is 1.74. The molecule has 1 heterocycles. The number of hydrogen-bond donors (Lipinski definition) is 2. The Hall–Kier alpha value is -1.95. The van der Waals surface area contributed by atoms with E-state index in [4.69, 9.17) is 26.4 Å². The van der Waals surface area contributed by atoms with Gasteiger partial charge in [-0.05, 0) is 12.2 Å². The lowest BCUT2D eigenvalue weighted by Gasteiger charge is -2.13. The topological polar surface area (TPSA) is 59.3 Å². The monoisotopic (exact) mass is 266 g/mol. The Kier molecular flexibility index (Phi) is 3.57. The number of benzene rings is 1. The van der Waals surface area contributed by atoms with Gasteiger partial charge in [0.05, 0.1) is 32.6 Å². The normalized spacial score (nSPS) is 10.2. The number of methoxy groups -OCH3 is 3. The fourth-order valence-corrected chi connectivity index (χ4v) is 1.91. The molecule has 0 radical (unpaired) electrons. The molecule has 2 aromatic rings. The van der Waals surface area contributed by atoms with Gasteiger partial charge < -0.3 is 24.2 Å². The van der Waals surface area contributed by atoms with Crippen LogP contribution >= 0.6 is 12.2 Å². The van der Waals surface area contributed by atoms with Crippen molar-refractivity contribution in [2.75, 3.05) is 21.3 Å². The van der Waals surface area contributed by atoms with Crippen molar-refractivity contribution in [1.29, 1.82) is 0 Å². The Morgan fingerprint density at radius 3 is 2.00 bits per heavy atom. The average Bonchev–Trinajstić information content (AvgIpc) is 2.83. The van der Waals surface area contributed by atoms with Crippen LogP contribution in [-0.2, 0) is 0 Å². The maximum atomic E-state index is 5.37. The number of hydrogen-bond acceptors (Lipinski definition) is 4. The molecule has 0 atom stereocenters. The van der Waals surface area contributed by atoms with Crippen LogP contribution in [0.1, 0.15) is 0 Å². The van der Waals surface area contributed by atoms with Crippen LogP contribution in [0.3, 0.4) is 0 Å². The molecule has 1 aromatic heterocycles. The lowest BCUT2D eigenvalue weighted by atomic mass is 10.1. The van der Waals surface area contributed by atoms with E-state index in [0.29, 0.717) is 22.0 Å². The van der Waals surface area contributed by atoms with E-state index in [1.165, 1.54) is 0 Å². The van der Waals surface area contributed by atoms with Crippen LogP contribution in [0.15, 0.2) is 18.3 Å². The molecule has 0 saturated heterocycles. The molecule has 0 aliphatic carbocycles. The van der Waals surface area contributed by atoms with Gasteiger partial charge in [0.15, 0.2) is 4.77 Å². The van der Waals surface area contributed by atoms with Crippen molar-refractivity contribution < 1.29 is 14.2 Å². The maximum absolute atomic E-state index is 5.37. The van der Waals surface area contributed by atoms with Crippen molar-refractivity contribution in [1.82, 2.24) is 9.97 Å². The summed E-state index contributed by atoms with van der Waals surface area (Å²) in [6.45, 7) is 0. The molecule has 0 amide bonds. The zero-order valence-corrected chi connectivity index (χ0v) is 11.2. The molecule has 0 aliphatic heterocycles. The molecule has 0 bridgehead atoms. The highest BCUT2D eigenvalue weighted by atomic mass is 32.1. The Balaban J connectivity index is 2.67. The summed E-state index contributed by atoms with van der Waals surface area (Å²) in [5.41, 5.74) is 1.60. The quantitative estimate of drug-likeness (QED) is 0.835. The summed E-state index contributed by atoms with van der Waals surface area (Å²) in [6, 6.07) is 3.59. The molecule has 0 unspecified atom stereocenters. The number of aromatic nitrogens is 2. The Bertz CT molecular complexity index is 578. The smallest absolute Gasteiger partial charge is 0.174 e. The van der Waals surface area contributed by atoms with E-state index in [1.54, 1.807) is 39.7 Å². The van der Waals surface area contributed by atoms with Gasteiger partial charge in [-0.3, -0.25) is 0 Å². The summed E-state index contributed by atoms with van der Waals surface area (Å²) >= 11 is 5.02. The second-order valence-electron chi connectivity index (χ2n) is 3.56. The van der Waals surface area contributed by atoms with Crippen LogP contribution in [0.4, 0.5) is 0 Å². The van der Waals surface area contributed by atoms with Crippen molar-refractivity contribution in [3.63, 3.8) is 0 Å². The molecule has 0 spiro atoms. The van der Waals surface area contributed by atoms with Crippen LogP contribution in [0.5, 0.6) is 17.2 Å². The van der Waals surface area contributed by atoms with Crippen LogP contribution in [0.2, 0.25) is 0 Å². The van der Waals surface area contributed by atoms with Gasteiger partial charge in [-0.25, -0.2) is 0 Å². The molecule has 6 heteroatoms. The minimum Gasteiger partial charge on any atom is -0.496 e. The number of imidazole rings is 1. The van der Waals surface area contributed by atoms with Gasteiger partial charge in [0.2, 0.25) is 0 Å². The largest absolute Gasteiger partial charge is 0.496 e. The number of aromatic amines is 2. The highest BCUT2D eigenvalue weighted by Crippen LogP contribution is 2.40. The molecule has 96 valence electrons. The van der Waals surface area contributed by atoms with Crippen LogP contribution < -0.4 is 14.2 Å². The average molecular weight is 266 g/mol. The molecule has 18 heavy (non-hydrogen) atoms.